The average molecular weight is 309 g/mol. The summed E-state index contributed by atoms with van der Waals surface area (Å²) in [6.07, 6.45) is 0. The summed E-state index contributed by atoms with van der Waals surface area (Å²) in [4.78, 5) is 0. The van der Waals surface area contributed by atoms with Gasteiger partial charge in [0.1, 0.15) is 0 Å². The lowest BCUT2D eigenvalue weighted by Gasteiger charge is -2.14. The molecule has 0 aliphatic carbocycles. The molecule has 0 bridgehead atoms. The van der Waals surface area contributed by atoms with Gasteiger partial charge in [0, 0.05) is 22.4 Å². The lowest BCUT2D eigenvalue weighted by atomic mass is 10.0. The smallest absolute Gasteiger partial charge is 0.0406 e. The van der Waals surface area contributed by atoms with Gasteiger partial charge in [-0.1, -0.05) is 54.1 Å². The van der Waals surface area contributed by atoms with Gasteiger partial charge in [0.2, 0.25) is 0 Å². The molecule has 0 aliphatic rings. The van der Waals surface area contributed by atoms with Crippen molar-refractivity contribution in [3.05, 3.63) is 70.7 Å². The number of thiol groups is 1. The molecule has 0 nitrogen and oxygen atoms in total. The van der Waals surface area contributed by atoms with E-state index in [1.54, 1.807) is 0 Å². The third-order valence-corrected chi connectivity index (χ3v) is 4.86. The molecule has 0 amide bonds. The maximum atomic E-state index is 5.88. The van der Waals surface area contributed by atoms with Gasteiger partial charge in [0.15, 0.2) is 0 Å². The first kappa shape index (κ1) is 14.8. The largest absolute Gasteiger partial charge is 0.179 e. The van der Waals surface area contributed by atoms with E-state index in [-0.39, 0.29) is 0 Å². The quantitative estimate of drug-likeness (QED) is 0.708. The first-order valence-corrected chi connectivity index (χ1v) is 8.44. The zero-order chi connectivity index (χ0) is 13.5. The van der Waals surface area contributed by atoms with Gasteiger partial charge >= 0.3 is 0 Å². The van der Waals surface area contributed by atoms with Crippen LogP contribution in [0.25, 0.3) is 0 Å². The second-order valence-electron chi connectivity index (χ2n) is 4.43. The van der Waals surface area contributed by atoms with Gasteiger partial charge in [0.25, 0.3) is 0 Å². The van der Waals surface area contributed by atoms with Gasteiger partial charge in [-0.2, -0.15) is 24.4 Å². The van der Waals surface area contributed by atoms with Crippen LogP contribution in [0.2, 0.25) is 5.02 Å². The highest BCUT2D eigenvalue weighted by molar-refractivity contribution is 7.98. The number of hydrogen-bond acceptors (Lipinski definition) is 2. The molecular weight excluding hydrogens is 292 g/mol. The summed E-state index contributed by atoms with van der Waals surface area (Å²) >= 11 is 12.3. The molecule has 100 valence electrons. The highest BCUT2D eigenvalue weighted by Gasteiger charge is 2.09. The Hall–Kier alpha value is -0.570. The fourth-order valence-corrected chi connectivity index (χ4v) is 3.66. The Morgan fingerprint density at radius 3 is 2.32 bits per heavy atom. The maximum absolute atomic E-state index is 5.88. The minimum absolute atomic E-state index is 0.516. The van der Waals surface area contributed by atoms with Crippen molar-refractivity contribution in [3.8, 4) is 0 Å². The van der Waals surface area contributed by atoms with Crippen molar-refractivity contribution in [1.29, 1.82) is 0 Å². The van der Waals surface area contributed by atoms with Crippen molar-refractivity contribution in [2.75, 3.05) is 11.5 Å². The first-order valence-electron chi connectivity index (χ1n) is 6.27. The van der Waals surface area contributed by atoms with Crippen molar-refractivity contribution in [2.45, 2.75) is 11.7 Å². The van der Waals surface area contributed by atoms with Gasteiger partial charge in [0.05, 0.1) is 0 Å². The van der Waals surface area contributed by atoms with E-state index in [1.165, 1.54) is 11.1 Å². The van der Waals surface area contributed by atoms with Gasteiger partial charge in [-0.05, 0) is 29.0 Å². The molecule has 1 atom stereocenters. The SMILES string of the molecule is SCC(CSCc1ccc(Cl)cc1)c1ccccc1. The van der Waals surface area contributed by atoms with Crippen LogP contribution in [0.5, 0.6) is 0 Å². The lowest BCUT2D eigenvalue weighted by Crippen LogP contribution is -2.03. The predicted molar refractivity (Wildman–Crippen MR) is 90.7 cm³/mol. The van der Waals surface area contributed by atoms with Crippen molar-refractivity contribution in [2.24, 2.45) is 0 Å². The fraction of sp³-hybridized carbons (Fsp3) is 0.250. The van der Waals surface area contributed by atoms with E-state index >= 15 is 0 Å². The van der Waals surface area contributed by atoms with E-state index in [9.17, 15) is 0 Å². The summed E-state index contributed by atoms with van der Waals surface area (Å²) in [5, 5.41) is 0.797. The number of benzene rings is 2. The molecule has 3 heteroatoms. The summed E-state index contributed by atoms with van der Waals surface area (Å²) in [7, 11) is 0. The van der Waals surface area contributed by atoms with Gasteiger partial charge in [-0.3, -0.25) is 0 Å². The van der Waals surface area contributed by atoms with E-state index in [0.717, 1.165) is 22.3 Å². The van der Waals surface area contributed by atoms with E-state index in [4.69, 9.17) is 11.6 Å². The number of halogens is 1. The fourth-order valence-electron chi connectivity index (χ4n) is 1.88. The summed E-state index contributed by atoms with van der Waals surface area (Å²) in [5.41, 5.74) is 2.70. The average Bonchev–Trinajstić information content (AvgIpc) is 2.46. The van der Waals surface area contributed by atoms with Gasteiger partial charge in [-0.25, -0.2) is 0 Å². The van der Waals surface area contributed by atoms with Gasteiger partial charge in [-0.15, -0.1) is 0 Å². The maximum Gasteiger partial charge on any atom is 0.0406 e. The van der Waals surface area contributed by atoms with Gasteiger partial charge < -0.3 is 0 Å². The van der Waals surface area contributed by atoms with Crippen LogP contribution in [-0.4, -0.2) is 11.5 Å². The van der Waals surface area contributed by atoms with E-state index in [0.29, 0.717) is 5.92 Å². The molecule has 0 aliphatic heterocycles. The Balaban J connectivity index is 1.85. The molecule has 0 heterocycles. The summed E-state index contributed by atoms with van der Waals surface area (Å²) in [6.45, 7) is 0. The molecular formula is C16H17ClS2. The molecule has 0 saturated carbocycles. The van der Waals surface area contributed by atoms with Crippen LogP contribution < -0.4 is 0 Å². The molecule has 2 aromatic rings. The summed E-state index contributed by atoms with van der Waals surface area (Å²) in [6, 6.07) is 18.7. The lowest BCUT2D eigenvalue weighted by molar-refractivity contribution is 0.898. The second kappa shape index (κ2) is 7.88. The monoisotopic (exact) mass is 308 g/mol. The van der Waals surface area contributed by atoms with Crippen molar-refractivity contribution >= 4 is 36.0 Å². The van der Waals surface area contributed by atoms with Crippen LogP contribution in [0.15, 0.2) is 54.6 Å². The normalized spacial score (nSPS) is 12.3. The zero-order valence-corrected chi connectivity index (χ0v) is 13.1. The molecule has 0 saturated heterocycles. The minimum atomic E-state index is 0.516. The van der Waals surface area contributed by atoms with E-state index in [2.05, 4.69) is 55.1 Å². The van der Waals surface area contributed by atoms with Crippen LogP contribution >= 0.6 is 36.0 Å². The second-order valence-corrected chi connectivity index (χ2v) is 6.26. The summed E-state index contributed by atoms with van der Waals surface area (Å²) in [5.74, 6) is 3.52. The van der Waals surface area contributed by atoms with Crippen LogP contribution in [0.1, 0.15) is 17.0 Å². The van der Waals surface area contributed by atoms with Crippen LogP contribution in [-0.2, 0) is 5.75 Å². The first-order chi connectivity index (χ1) is 9.29. The summed E-state index contributed by atoms with van der Waals surface area (Å²) < 4.78 is 0. The van der Waals surface area contributed by atoms with Crippen LogP contribution in [0.4, 0.5) is 0 Å². The molecule has 0 aromatic heterocycles. The Morgan fingerprint density at radius 2 is 1.68 bits per heavy atom. The standard InChI is InChI=1S/C16H17ClS2/c17-16-8-6-13(7-9-16)11-19-12-15(10-18)14-4-2-1-3-5-14/h1-9,15,18H,10-12H2. The molecule has 0 spiro atoms. The number of thioether (sulfide) groups is 1. The predicted octanol–water partition coefficient (Wildman–Crippen LogP) is 5.29. The molecule has 1 unspecified atom stereocenters. The Kier molecular flexibility index (Phi) is 6.15. The Labute approximate surface area is 130 Å². The highest BCUT2D eigenvalue weighted by atomic mass is 35.5. The Bertz CT molecular complexity index is 482. The highest BCUT2D eigenvalue weighted by Crippen LogP contribution is 2.24. The van der Waals surface area contributed by atoms with Crippen LogP contribution in [0.3, 0.4) is 0 Å². The third-order valence-electron chi connectivity index (χ3n) is 2.99. The van der Waals surface area contributed by atoms with E-state index in [1.807, 2.05) is 23.9 Å². The number of rotatable bonds is 6. The molecule has 2 aromatic carbocycles. The van der Waals surface area contributed by atoms with Crippen molar-refractivity contribution in [1.82, 2.24) is 0 Å². The third kappa shape index (κ3) is 4.79. The van der Waals surface area contributed by atoms with Crippen molar-refractivity contribution in [3.63, 3.8) is 0 Å². The minimum Gasteiger partial charge on any atom is -0.179 e. The Morgan fingerprint density at radius 1 is 1.00 bits per heavy atom. The van der Waals surface area contributed by atoms with Crippen LogP contribution in [0, 0.1) is 0 Å². The number of hydrogen-bond donors (Lipinski definition) is 1. The molecule has 0 radical (unpaired) electrons. The molecule has 2 rings (SSSR count). The topological polar surface area (TPSA) is 0 Å². The van der Waals surface area contributed by atoms with Crippen molar-refractivity contribution < 1.29 is 0 Å². The zero-order valence-electron chi connectivity index (χ0n) is 10.6. The van der Waals surface area contributed by atoms with E-state index < -0.39 is 0 Å². The molecule has 0 fully saturated rings. The molecule has 0 N–H and O–H groups in total. The molecule has 19 heavy (non-hydrogen) atoms.